The van der Waals surface area contributed by atoms with Crippen molar-refractivity contribution in [3.8, 4) is 11.1 Å². The lowest BCUT2D eigenvalue weighted by atomic mass is 9.98. The smallest absolute Gasteiger partial charge is 0.407 e. The molecule has 38 heavy (non-hydrogen) atoms. The van der Waals surface area contributed by atoms with Crippen molar-refractivity contribution < 1.29 is 22.7 Å². The Morgan fingerprint density at radius 1 is 0.842 bits per heavy atom. The first-order valence-corrected chi connectivity index (χ1v) is 14.1. The van der Waals surface area contributed by atoms with E-state index >= 15 is 0 Å². The lowest BCUT2D eigenvalue weighted by molar-refractivity contribution is -0.123. The zero-order valence-corrected chi connectivity index (χ0v) is 22.4. The van der Waals surface area contributed by atoms with Gasteiger partial charge in [-0.3, -0.25) is 4.79 Å². The average Bonchev–Trinajstić information content (AvgIpc) is 3.23. The minimum absolute atomic E-state index is 0.0807. The standard InChI is InChI=1S/C30H32N2O5S/c1-20(2)28(17-18-38(35,36)22-11-5-4-6-12-22)32-29(33)21(3)31-30(34)37-19-27-25-15-9-7-13-23(25)24-14-8-10-16-26(24)27/h4-18,20-21,27-28H,19H2,1-3H3,(H,31,34)(H,32,33)/b18-17+/t21-,28-/m0/s1. The van der Waals surface area contributed by atoms with E-state index in [1.165, 1.54) is 18.2 Å². The molecule has 0 saturated carbocycles. The van der Waals surface area contributed by atoms with Crippen LogP contribution in [0.3, 0.4) is 0 Å². The Labute approximate surface area is 223 Å². The Balaban J connectivity index is 1.34. The summed E-state index contributed by atoms with van der Waals surface area (Å²) in [6.07, 6.45) is 0.767. The second kappa shape index (κ2) is 11.6. The maximum atomic E-state index is 12.8. The molecule has 0 heterocycles. The van der Waals surface area contributed by atoms with Gasteiger partial charge in [0.15, 0.2) is 9.84 Å². The minimum Gasteiger partial charge on any atom is -0.449 e. The zero-order chi connectivity index (χ0) is 27.3. The van der Waals surface area contributed by atoms with Gasteiger partial charge in [0.2, 0.25) is 5.91 Å². The predicted molar refractivity (Wildman–Crippen MR) is 147 cm³/mol. The SMILES string of the molecule is CC(C)[C@H](/C=C/S(=O)(=O)c1ccccc1)NC(=O)[C@H](C)NC(=O)OCC1c2ccccc2-c2ccccc21. The van der Waals surface area contributed by atoms with E-state index < -0.39 is 33.9 Å². The van der Waals surface area contributed by atoms with Crippen LogP contribution in [-0.2, 0) is 19.4 Å². The first-order chi connectivity index (χ1) is 18.2. The molecule has 4 rings (SSSR count). The summed E-state index contributed by atoms with van der Waals surface area (Å²) in [7, 11) is -3.64. The number of ether oxygens (including phenoxy) is 1. The number of amides is 2. The number of benzene rings is 3. The van der Waals surface area contributed by atoms with Crippen molar-refractivity contribution in [2.24, 2.45) is 5.92 Å². The molecule has 2 atom stereocenters. The number of nitrogens with one attached hydrogen (secondary N) is 2. The highest BCUT2D eigenvalue weighted by Crippen LogP contribution is 2.44. The molecule has 198 valence electrons. The third-order valence-corrected chi connectivity index (χ3v) is 8.08. The van der Waals surface area contributed by atoms with Crippen LogP contribution in [0.1, 0.15) is 37.8 Å². The van der Waals surface area contributed by atoms with Gasteiger partial charge in [0.25, 0.3) is 0 Å². The molecule has 3 aromatic rings. The Hall–Kier alpha value is -3.91. The van der Waals surface area contributed by atoms with Crippen molar-refractivity contribution >= 4 is 21.8 Å². The number of fused-ring (bicyclic) bond motifs is 3. The Bertz CT molecular complexity index is 1390. The summed E-state index contributed by atoms with van der Waals surface area (Å²) in [5.41, 5.74) is 4.47. The van der Waals surface area contributed by atoms with E-state index in [1.54, 1.807) is 25.1 Å². The number of sulfone groups is 1. The molecule has 0 bridgehead atoms. The highest BCUT2D eigenvalue weighted by Gasteiger charge is 2.29. The molecular formula is C30H32N2O5S. The van der Waals surface area contributed by atoms with Crippen LogP contribution in [0.25, 0.3) is 11.1 Å². The molecule has 8 heteroatoms. The fourth-order valence-corrected chi connectivity index (χ4v) is 5.56. The number of carbonyl (C=O) groups is 2. The maximum absolute atomic E-state index is 12.8. The monoisotopic (exact) mass is 532 g/mol. The molecule has 2 amide bonds. The molecule has 1 aliphatic rings. The molecule has 0 aliphatic heterocycles. The Morgan fingerprint density at radius 2 is 1.39 bits per heavy atom. The summed E-state index contributed by atoms with van der Waals surface area (Å²) >= 11 is 0. The first-order valence-electron chi connectivity index (χ1n) is 12.6. The number of hydrogen-bond acceptors (Lipinski definition) is 5. The molecule has 0 radical (unpaired) electrons. The van der Waals surface area contributed by atoms with Crippen LogP contribution in [0.4, 0.5) is 4.79 Å². The number of hydrogen-bond donors (Lipinski definition) is 2. The molecule has 0 unspecified atom stereocenters. The first kappa shape index (κ1) is 27.1. The van der Waals surface area contributed by atoms with E-state index in [2.05, 4.69) is 22.8 Å². The van der Waals surface area contributed by atoms with E-state index in [4.69, 9.17) is 4.74 Å². The third-order valence-electron chi connectivity index (χ3n) is 6.64. The topological polar surface area (TPSA) is 102 Å². The Morgan fingerprint density at radius 3 is 1.97 bits per heavy atom. The molecule has 0 spiro atoms. The van der Waals surface area contributed by atoms with Crippen LogP contribution in [0.15, 0.2) is 95.2 Å². The second-order valence-electron chi connectivity index (χ2n) is 9.66. The molecule has 1 aliphatic carbocycles. The van der Waals surface area contributed by atoms with Gasteiger partial charge in [-0.2, -0.15) is 0 Å². The van der Waals surface area contributed by atoms with Crippen LogP contribution in [0, 0.1) is 5.92 Å². The van der Waals surface area contributed by atoms with Crippen molar-refractivity contribution in [1.82, 2.24) is 10.6 Å². The van der Waals surface area contributed by atoms with E-state index in [0.717, 1.165) is 27.7 Å². The lowest BCUT2D eigenvalue weighted by Crippen LogP contribution is -2.49. The van der Waals surface area contributed by atoms with Crippen molar-refractivity contribution in [3.05, 3.63) is 101 Å². The largest absolute Gasteiger partial charge is 0.449 e. The molecule has 0 fully saturated rings. The summed E-state index contributed by atoms with van der Waals surface area (Å²) in [5, 5.41) is 6.49. The third kappa shape index (κ3) is 6.14. The van der Waals surface area contributed by atoms with Crippen molar-refractivity contribution in [2.75, 3.05) is 6.61 Å². The fourth-order valence-electron chi connectivity index (χ4n) is 4.49. The van der Waals surface area contributed by atoms with Crippen LogP contribution in [0.5, 0.6) is 0 Å². The van der Waals surface area contributed by atoms with Gasteiger partial charge >= 0.3 is 6.09 Å². The van der Waals surface area contributed by atoms with E-state index in [0.29, 0.717) is 0 Å². The molecule has 7 nitrogen and oxygen atoms in total. The minimum atomic E-state index is -3.64. The maximum Gasteiger partial charge on any atom is 0.407 e. The van der Waals surface area contributed by atoms with Gasteiger partial charge in [-0.1, -0.05) is 86.7 Å². The average molecular weight is 533 g/mol. The molecule has 0 saturated heterocycles. The van der Waals surface area contributed by atoms with Crippen LogP contribution in [-0.4, -0.2) is 39.1 Å². The quantitative estimate of drug-likeness (QED) is 0.402. The summed E-state index contributed by atoms with van der Waals surface area (Å²) in [6.45, 7) is 5.43. The second-order valence-corrected chi connectivity index (χ2v) is 11.5. The van der Waals surface area contributed by atoms with Gasteiger partial charge in [0, 0.05) is 11.3 Å². The van der Waals surface area contributed by atoms with Gasteiger partial charge < -0.3 is 15.4 Å². The van der Waals surface area contributed by atoms with Gasteiger partial charge in [0.05, 0.1) is 10.9 Å². The fraction of sp³-hybridized carbons (Fsp3) is 0.267. The van der Waals surface area contributed by atoms with Crippen molar-refractivity contribution in [3.63, 3.8) is 0 Å². The van der Waals surface area contributed by atoms with Crippen LogP contribution >= 0.6 is 0 Å². The van der Waals surface area contributed by atoms with Gasteiger partial charge in [-0.15, -0.1) is 0 Å². The van der Waals surface area contributed by atoms with Gasteiger partial charge in [0.1, 0.15) is 12.6 Å². The van der Waals surface area contributed by atoms with Crippen molar-refractivity contribution in [1.29, 1.82) is 0 Å². The zero-order valence-electron chi connectivity index (χ0n) is 21.6. The van der Waals surface area contributed by atoms with E-state index in [1.807, 2.05) is 50.2 Å². The highest BCUT2D eigenvalue weighted by atomic mass is 32.2. The molecular weight excluding hydrogens is 500 g/mol. The number of rotatable bonds is 9. The molecule has 0 aromatic heterocycles. The van der Waals surface area contributed by atoms with E-state index in [-0.39, 0.29) is 23.3 Å². The summed E-state index contributed by atoms with van der Waals surface area (Å²) in [4.78, 5) is 25.6. The van der Waals surface area contributed by atoms with Crippen molar-refractivity contribution in [2.45, 2.75) is 43.7 Å². The van der Waals surface area contributed by atoms with Gasteiger partial charge in [-0.05, 0) is 47.2 Å². The summed E-state index contributed by atoms with van der Waals surface area (Å²) < 4.78 is 30.7. The Kier molecular flexibility index (Phi) is 8.32. The van der Waals surface area contributed by atoms with E-state index in [9.17, 15) is 18.0 Å². The number of alkyl carbamates (subject to hydrolysis) is 1. The van der Waals surface area contributed by atoms with Crippen LogP contribution in [0.2, 0.25) is 0 Å². The summed E-state index contributed by atoms with van der Waals surface area (Å²) in [6, 6.07) is 22.8. The normalized spacial score (nSPS) is 14.5. The highest BCUT2D eigenvalue weighted by molar-refractivity contribution is 7.94. The number of carbonyl (C=O) groups excluding carboxylic acids is 2. The van der Waals surface area contributed by atoms with Crippen LogP contribution < -0.4 is 10.6 Å². The predicted octanol–water partition coefficient (Wildman–Crippen LogP) is 5.04. The summed E-state index contributed by atoms with van der Waals surface area (Å²) in [5.74, 6) is -0.610. The molecule has 3 aromatic carbocycles. The lowest BCUT2D eigenvalue weighted by Gasteiger charge is -2.22. The van der Waals surface area contributed by atoms with Gasteiger partial charge in [-0.25, -0.2) is 13.2 Å². The molecule has 2 N–H and O–H groups in total.